The van der Waals surface area contributed by atoms with Crippen LogP contribution in [0.2, 0.25) is 0 Å². The maximum Gasteiger partial charge on any atom is 0.251 e. The summed E-state index contributed by atoms with van der Waals surface area (Å²) in [5, 5.41) is 23.0. The van der Waals surface area contributed by atoms with Crippen LogP contribution in [-0.2, 0) is 10.3 Å². The zero-order valence-corrected chi connectivity index (χ0v) is 19.8. The summed E-state index contributed by atoms with van der Waals surface area (Å²) in [6.07, 6.45) is -0.131. The smallest absolute Gasteiger partial charge is 0.251 e. The summed E-state index contributed by atoms with van der Waals surface area (Å²) in [7, 11) is 1.28. The van der Waals surface area contributed by atoms with Gasteiger partial charge in [-0.15, -0.1) is 0 Å². The number of nitrogens with zero attached hydrogens (tertiary/aromatic N) is 2. The Bertz CT molecular complexity index is 1340. The van der Waals surface area contributed by atoms with Crippen LogP contribution in [0.5, 0.6) is 17.2 Å². The van der Waals surface area contributed by atoms with Crippen LogP contribution in [0, 0.1) is 5.82 Å². The molecule has 1 saturated heterocycles. The zero-order valence-electron chi connectivity index (χ0n) is 19.8. The van der Waals surface area contributed by atoms with Gasteiger partial charge in [-0.25, -0.2) is 18.2 Å². The summed E-state index contributed by atoms with van der Waals surface area (Å²) in [6, 6.07) is 5.72. The molecule has 0 atom stereocenters. The van der Waals surface area contributed by atoms with Gasteiger partial charge in [0.05, 0.1) is 42.5 Å². The number of carbonyl (C=O) groups excluding carboxylic acids is 1. The number of amides is 1. The maximum atomic E-state index is 15.1. The van der Waals surface area contributed by atoms with Crippen LogP contribution in [0.25, 0.3) is 22.4 Å². The molecule has 2 aliphatic rings. The van der Waals surface area contributed by atoms with E-state index < -0.39 is 34.7 Å². The first kappa shape index (κ1) is 24.2. The molecular formula is C25H26F3N3O5. The third kappa shape index (κ3) is 4.01. The van der Waals surface area contributed by atoms with Gasteiger partial charge < -0.3 is 29.6 Å². The molecular weight excluding hydrogens is 479 g/mol. The van der Waals surface area contributed by atoms with Gasteiger partial charge in [-0.05, 0) is 44.0 Å². The number of phenolic OH excluding ortho intramolecular Hbond substituents is 2. The molecule has 2 heterocycles. The molecule has 1 amide bonds. The highest BCUT2D eigenvalue weighted by molar-refractivity contribution is 5.98. The number of nitrogens with one attached hydrogen (secondary N) is 1. The Morgan fingerprint density at radius 3 is 2.50 bits per heavy atom. The number of phenols is 2. The van der Waals surface area contributed by atoms with Gasteiger partial charge in [0.2, 0.25) is 11.7 Å². The molecule has 0 unspecified atom stereocenters. The molecule has 36 heavy (non-hydrogen) atoms. The molecule has 3 N–H and O–H groups in total. The lowest BCUT2D eigenvalue weighted by Gasteiger charge is -2.40. The number of hydrogen-bond acceptors (Lipinski definition) is 6. The molecule has 1 aliphatic heterocycles. The van der Waals surface area contributed by atoms with Gasteiger partial charge in [0.1, 0.15) is 5.82 Å². The van der Waals surface area contributed by atoms with E-state index in [-0.39, 0.29) is 48.9 Å². The number of benzene rings is 2. The van der Waals surface area contributed by atoms with E-state index in [1.807, 2.05) is 6.92 Å². The second-order valence-electron chi connectivity index (χ2n) is 9.71. The number of alkyl halides is 2. The Labute approximate surface area is 204 Å². The van der Waals surface area contributed by atoms with Crippen molar-refractivity contribution in [1.82, 2.24) is 14.9 Å². The molecule has 2 fully saturated rings. The number of aromatic nitrogens is 2. The lowest BCUT2D eigenvalue weighted by molar-refractivity contribution is -0.0868. The van der Waals surface area contributed by atoms with E-state index in [4.69, 9.17) is 9.47 Å². The van der Waals surface area contributed by atoms with E-state index in [0.717, 1.165) is 0 Å². The average Bonchev–Trinajstić information content (AvgIpc) is 3.21. The predicted molar refractivity (Wildman–Crippen MR) is 124 cm³/mol. The number of methoxy groups -OCH3 is 1. The van der Waals surface area contributed by atoms with Crippen LogP contribution >= 0.6 is 0 Å². The summed E-state index contributed by atoms with van der Waals surface area (Å²) >= 11 is 0. The van der Waals surface area contributed by atoms with Crippen LogP contribution in [0.15, 0.2) is 24.3 Å². The zero-order chi connectivity index (χ0) is 25.8. The first-order chi connectivity index (χ1) is 17.0. The molecule has 1 aromatic heterocycles. The predicted octanol–water partition coefficient (Wildman–Crippen LogP) is 4.32. The Morgan fingerprint density at radius 1 is 1.19 bits per heavy atom. The van der Waals surface area contributed by atoms with Crippen LogP contribution < -0.4 is 10.1 Å². The molecule has 8 nitrogen and oxygen atoms in total. The summed E-state index contributed by atoms with van der Waals surface area (Å²) in [5.74, 6) is -5.81. The van der Waals surface area contributed by atoms with Crippen molar-refractivity contribution in [3.05, 3.63) is 35.6 Å². The Hall–Kier alpha value is -3.47. The van der Waals surface area contributed by atoms with Gasteiger partial charge in [0, 0.05) is 24.4 Å². The monoisotopic (exact) mass is 505 g/mol. The highest BCUT2D eigenvalue weighted by atomic mass is 19.3. The van der Waals surface area contributed by atoms with Crippen molar-refractivity contribution in [3.8, 4) is 28.6 Å². The maximum absolute atomic E-state index is 15.1. The number of rotatable bonds is 5. The average molecular weight is 505 g/mol. The van der Waals surface area contributed by atoms with Crippen LogP contribution in [0.1, 0.15) is 43.0 Å². The standard InChI is InChI=1S/C25H26F3N3O5/c1-24(11-36-12-24)31-17-9-13(23(34)29-14-5-7-25(27,28)8-6-14)3-4-16(17)30-22(31)15-10-18(35-2)20(32)21(33)19(15)26/h3-4,9-10,14,32-33H,5-8,11-12H2,1-2H3,(H,29,34). The van der Waals surface area contributed by atoms with Crippen LogP contribution in [0.3, 0.4) is 0 Å². The lowest BCUT2D eigenvalue weighted by atomic mass is 9.92. The number of fused-ring (bicyclic) bond motifs is 1. The van der Waals surface area contributed by atoms with Crippen LogP contribution in [-0.4, -0.2) is 58.0 Å². The van der Waals surface area contributed by atoms with Crippen molar-refractivity contribution < 1.29 is 37.7 Å². The van der Waals surface area contributed by atoms with Gasteiger partial charge in [0.25, 0.3) is 5.91 Å². The largest absolute Gasteiger partial charge is 0.502 e. The van der Waals surface area contributed by atoms with Gasteiger partial charge in [-0.3, -0.25) is 4.79 Å². The number of aromatic hydroxyl groups is 2. The molecule has 1 saturated carbocycles. The fourth-order valence-corrected chi connectivity index (χ4v) is 4.85. The quantitative estimate of drug-likeness (QED) is 0.446. The number of carbonyl (C=O) groups is 1. The minimum absolute atomic E-state index is 0.0967. The first-order valence-electron chi connectivity index (χ1n) is 11.6. The van der Waals surface area contributed by atoms with Crippen molar-refractivity contribution >= 4 is 16.9 Å². The van der Waals surface area contributed by atoms with Crippen molar-refractivity contribution in [2.45, 2.75) is 50.1 Å². The van der Waals surface area contributed by atoms with E-state index in [1.54, 1.807) is 22.8 Å². The molecule has 2 aromatic carbocycles. The third-order valence-electron chi connectivity index (χ3n) is 6.97. The summed E-state index contributed by atoms with van der Waals surface area (Å²) in [4.78, 5) is 17.5. The SMILES string of the molecule is COc1cc(-c2nc3ccc(C(=O)NC4CCC(F)(F)CC4)cc3n2C2(C)COC2)c(F)c(O)c1O. The van der Waals surface area contributed by atoms with Crippen molar-refractivity contribution in [2.24, 2.45) is 0 Å². The fourth-order valence-electron chi connectivity index (χ4n) is 4.85. The second kappa shape index (κ2) is 8.58. The van der Waals surface area contributed by atoms with E-state index in [1.165, 1.54) is 13.2 Å². The number of ether oxygens (including phenoxy) is 2. The van der Waals surface area contributed by atoms with Crippen molar-refractivity contribution in [1.29, 1.82) is 0 Å². The first-order valence-corrected chi connectivity index (χ1v) is 11.6. The highest BCUT2D eigenvalue weighted by Crippen LogP contribution is 2.45. The molecule has 192 valence electrons. The summed E-state index contributed by atoms with van der Waals surface area (Å²) < 4.78 is 54.3. The number of hydrogen-bond donors (Lipinski definition) is 3. The molecule has 3 aromatic rings. The minimum atomic E-state index is -2.69. The summed E-state index contributed by atoms with van der Waals surface area (Å²) in [5.41, 5.74) is 0.590. The molecule has 11 heteroatoms. The van der Waals surface area contributed by atoms with E-state index in [9.17, 15) is 23.8 Å². The topological polar surface area (TPSA) is 106 Å². The second-order valence-corrected chi connectivity index (χ2v) is 9.71. The minimum Gasteiger partial charge on any atom is -0.502 e. The van der Waals surface area contributed by atoms with Gasteiger partial charge in [-0.2, -0.15) is 0 Å². The van der Waals surface area contributed by atoms with Crippen molar-refractivity contribution in [3.63, 3.8) is 0 Å². The normalized spacial score (nSPS) is 19.1. The Balaban J connectivity index is 1.57. The van der Waals surface area contributed by atoms with Crippen LogP contribution in [0.4, 0.5) is 13.2 Å². The third-order valence-corrected chi connectivity index (χ3v) is 6.97. The Kier molecular flexibility index (Phi) is 5.77. The van der Waals surface area contributed by atoms with Gasteiger partial charge in [0.15, 0.2) is 17.3 Å². The molecule has 0 bridgehead atoms. The number of imidazole rings is 1. The number of halogens is 3. The molecule has 5 rings (SSSR count). The highest BCUT2D eigenvalue weighted by Gasteiger charge is 2.40. The van der Waals surface area contributed by atoms with E-state index in [2.05, 4.69) is 10.3 Å². The summed E-state index contributed by atoms with van der Waals surface area (Å²) in [6.45, 7) is 2.51. The molecule has 1 aliphatic carbocycles. The van der Waals surface area contributed by atoms with E-state index in [0.29, 0.717) is 29.8 Å². The lowest BCUT2D eigenvalue weighted by Crippen LogP contribution is -2.49. The Morgan fingerprint density at radius 2 is 1.89 bits per heavy atom. The fraction of sp³-hybridized carbons (Fsp3) is 0.440. The van der Waals surface area contributed by atoms with E-state index >= 15 is 4.39 Å². The van der Waals surface area contributed by atoms with Gasteiger partial charge in [-0.1, -0.05) is 0 Å². The molecule has 0 radical (unpaired) electrons. The molecule has 0 spiro atoms. The van der Waals surface area contributed by atoms with Gasteiger partial charge >= 0.3 is 0 Å². The van der Waals surface area contributed by atoms with Crippen molar-refractivity contribution in [2.75, 3.05) is 20.3 Å².